The smallest absolute Gasteiger partial charge is 0.194 e. The molecule has 0 saturated heterocycles. The molecule has 1 unspecified atom stereocenters. The number of aliphatic hydroxyl groups is 1. The normalized spacial score (nSPS) is 15.5. The molecule has 1 heterocycles. The van der Waals surface area contributed by atoms with E-state index in [9.17, 15) is 5.11 Å². The zero-order chi connectivity index (χ0) is 16.5. The average Bonchev–Trinajstić information content (AvgIpc) is 2.58. The lowest BCUT2D eigenvalue weighted by atomic mass is 10.00. The van der Waals surface area contributed by atoms with E-state index < -0.39 is 0 Å². The van der Waals surface area contributed by atoms with Crippen LogP contribution in [0.25, 0.3) is 0 Å². The molecule has 0 aliphatic carbocycles. The molecule has 0 fully saturated rings. The fraction of sp³-hybridized carbons (Fsp3) is 0.632. The molecular formula is C19H32IN3O. The maximum atomic E-state index is 9.22. The van der Waals surface area contributed by atoms with Crippen LogP contribution in [0, 0.1) is 5.92 Å². The van der Waals surface area contributed by atoms with Gasteiger partial charge in [-0.1, -0.05) is 37.6 Å². The molecule has 4 nitrogen and oxygen atoms in total. The third-order valence-electron chi connectivity index (χ3n) is 4.50. The maximum Gasteiger partial charge on any atom is 0.194 e. The monoisotopic (exact) mass is 445 g/mol. The minimum absolute atomic E-state index is 0. The summed E-state index contributed by atoms with van der Waals surface area (Å²) in [6.45, 7) is 8.20. The van der Waals surface area contributed by atoms with Gasteiger partial charge in [-0.2, -0.15) is 0 Å². The van der Waals surface area contributed by atoms with Crippen LogP contribution in [0.3, 0.4) is 0 Å². The highest BCUT2D eigenvalue weighted by Crippen LogP contribution is 2.19. The Morgan fingerprint density at radius 1 is 1.25 bits per heavy atom. The predicted molar refractivity (Wildman–Crippen MR) is 112 cm³/mol. The quantitative estimate of drug-likeness (QED) is 0.384. The van der Waals surface area contributed by atoms with E-state index in [0.29, 0.717) is 5.92 Å². The minimum atomic E-state index is 0. The highest BCUT2D eigenvalue weighted by atomic mass is 127. The van der Waals surface area contributed by atoms with Crippen LogP contribution in [0.5, 0.6) is 0 Å². The van der Waals surface area contributed by atoms with Crippen LogP contribution in [0.4, 0.5) is 0 Å². The molecular weight excluding hydrogens is 413 g/mol. The highest BCUT2D eigenvalue weighted by Gasteiger charge is 2.19. The Morgan fingerprint density at radius 3 is 2.67 bits per heavy atom. The van der Waals surface area contributed by atoms with E-state index >= 15 is 0 Å². The largest absolute Gasteiger partial charge is 0.396 e. The Morgan fingerprint density at radius 2 is 2.00 bits per heavy atom. The van der Waals surface area contributed by atoms with E-state index in [-0.39, 0.29) is 30.6 Å². The molecule has 5 heteroatoms. The summed E-state index contributed by atoms with van der Waals surface area (Å²) in [5.41, 5.74) is 2.87. The molecule has 2 N–H and O–H groups in total. The summed E-state index contributed by atoms with van der Waals surface area (Å²) in [4.78, 5) is 7.22. The second kappa shape index (κ2) is 11.7. The second-order valence-corrected chi connectivity index (χ2v) is 6.30. The van der Waals surface area contributed by atoms with Crippen LogP contribution < -0.4 is 5.32 Å². The molecule has 1 aliphatic heterocycles. The van der Waals surface area contributed by atoms with Gasteiger partial charge in [-0.05, 0) is 43.2 Å². The number of nitrogens with one attached hydrogen (secondary N) is 1. The van der Waals surface area contributed by atoms with E-state index in [4.69, 9.17) is 4.99 Å². The Bertz CT molecular complexity index is 501. The van der Waals surface area contributed by atoms with Crippen molar-refractivity contribution in [1.82, 2.24) is 10.2 Å². The van der Waals surface area contributed by atoms with Gasteiger partial charge in [0.1, 0.15) is 0 Å². The molecule has 0 saturated carbocycles. The van der Waals surface area contributed by atoms with Crippen molar-refractivity contribution >= 4 is 29.9 Å². The SMILES string of the molecule is CCCC(CCO)CN=C(NCC)N1CCc2ccccc2C1.I. The first-order valence-corrected chi connectivity index (χ1v) is 8.99. The lowest BCUT2D eigenvalue weighted by molar-refractivity contribution is 0.253. The Labute approximate surface area is 163 Å². The van der Waals surface area contributed by atoms with Crippen molar-refractivity contribution in [3.63, 3.8) is 0 Å². The van der Waals surface area contributed by atoms with E-state index in [1.54, 1.807) is 0 Å². The number of benzene rings is 1. The molecule has 0 amide bonds. The van der Waals surface area contributed by atoms with Gasteiger partial charge < -0.3 is 15.3 Å². The van der Waals surface area contributed by atoms with Gasteiger partial charge in [0.15, 0.2) is 5.96 Å². The molecule has 1 aliphatic rings. The fourth-order valence-corrected chi connectivity index (χ4v) is 3.24. The molecule has 0 radical (unpaired) electrons. The molecule has 0 aromatic heterocycles. The predicted octanol–water partition coefficient (Wildman–Crippen LogP) is 3.43. The summed E-state index contributed by atoms with van der Waals surface area (Å²) in [6.07, 6.45) is 4.20. The molecule has 0 spiro atoms. The molecule has 0 bridgehead atoms. The number of hydrogen-bond donors (Lipinski definition) is 2. The number of fused-ring (bicyclic) bond motifs is 1. The number of halogens is 1. The molecule has 1 aromatic carbocycles. The number of nitrogens with zero attached hydrogens (tertiary/aromatic N) is 2. The van der Waals surface area contributed by atoms with Gasteiger partial charge >= 0.3 is 0 Å². The van der Waals surface area contributed by atoms with Crippen molar-refractivity contribution in [2.45, 2.75) is 46.1 Å². The first kappa shape index (κ1) is 21.2. The number of guanidine groups is 1. The van der Waals surface area contributed by atoms with Gasteiger partial charge in [-0.3, -0.25) is 4.99 Å². The van der Waals surface area contributed by atoms with Crippen molar-refractivity contribution in [3.8, 4) is 0 Å². The molecule has 24 heavy (non-hydrogen) atoms. The van der Waals surface area contributed by atoms with Gasteiger partial charge in [-0.25, -0.2) is 0 Å². The zero-order valence-corrected chi connectivity index (χ0v) is 17.3. The Balaban J connectivity index is 0.00000288. The lowest BCUT2D eigenvalue weighted by Gasteiger charge is -2.32. The topological polar surface area (TPSA) is 47.9 Å². The summed E-state index contributed by atoms with van der Waals surface area (Å²) in [7, 11) is 0. The number of rotatable bonds is 7. The molecule has 1 atom stereocenters. The van der Waals surface area contributed by atoms with E-state index in [1.165, 1.54) is 11.1 Å². The summed E-state index contributed by atoms with van der Waals surface area (Å²) in [5.74, 6) is 1.50. The number of aliphatic hydroxyl groups excluding tert-OH is 1. The van der Waals surface area contributed by atoms with E-state index in [0.717, 1.165) is 57.8 Å². The third-order valence-corrected chi connectivity index (χ3v) is 4.50. The summed E-state index contributed by atoms with van der Waals surface area (Å²) in [6, 6.07) is 8.69. The van der Waals surface area contributed by atoms with Crippen LogP contribution in [0.15, 0.2) is 29.3 Å². The Kier molecular flexibility index (Phi) is 10.3. The van der Waals surface area contributed by atoms with E-state index in [2.05, 4.69) is 48.3 Å². The summed E-state index contributed by atoms with van der Waals surface area (Å²) < 4.78 is 0. The average molecular weight is 445 g/mol. The standard InChI is InChI=1S/C19H31N3O.HI/c1-3-7-16(11-13-23)14-21-19(20-4-2)22-12-10-17-8-5-6-9-18(17)15-22;/h5-6,8-9,16,23H,3-4,7,10-15H2,1-2H3,(H,20,21);1H. The molecule has 1 aromatic rings. The maximum absolute atomic E-state index is 9.22. The number of aliphatic imine (C=N–C) groups is 1. The summed E-state index contributed by atoms with van der Waals surface area (Å²) >= 11 is 0. The van der Waals surface area contributed by atoms with Crippen LogP contribution >= 0.6 is 24.0 Å². The van der Waals surface area contributed by atoms with Gasteiger partial charge in [0.25, 0.3) is 0 Å². The minimum Gasteiger partial charge on any atom is -0.396 e. The third kappa shape index (κ3) is 6.24. The van der Waals surface area contributed by atoms with Crippen LogP contribution in [-0.2, 0) is 13.0 Å². The van der Waals surface area contributed by atoms with Crippen molar-refractivity contribution in [3.05, 3.63) is 35.4 Å². The first-order chi connectivity index (χ1) is 11.3. The highest BCUT2D eigenvalue weighted by molar-refractivity contribution is 14.0. The lowest BCUT2D eigenvalue weighted by Crippen LogP contribution is -2.44. The second-order valence-electron chi connectivity index (χ2n) is 6.30. The van der Waals surface area contributed by atoms with Crippen molar-refractivity contribution < 1.29 is 5.11 Å². The number of hydrogen-bond acceptors (Lipinski definition) is 2. The summed E-state index contributed by atoms with van der Waals surface area (Å²) in [5, 5.41) is 12.7. The first-order valence-electron chi connectivity index (χ1n) is 8.99. The van der Waals surface area contributed by atoms with Crippen LogP contribution in [-0.4, -0.2) is 42.2 Å². The van der Waals surface area contributed by atoms with Crippen molar-refractivity contribution in [2.75, 3.05) is 26.2 Å². The van der Waals surface area contributed by atoms with Gasteiger partial charge in [0.2, 0.25) is 0 Å². The van der Waals surface area contributed by atoms with E-state index in [1.807, 2.05) is 0 Å². The van der Waals surface area contributed by atoms with Crippen molar-refractivity contribution in [1.29, 1.82) is 0 Å². The fourth-order valence-electron chi connectivity index (χ4n) is 3.24. The van der Waals surface area contributed by atoms with Crippen LogP contribution in [0.1, 0.15) is 44.2 Å². The zero-order valence-electron chi connectivity index (χ0n) is 15.0. The molecule has 2 rings (SSSR count). The van der Waals surface area contributed by atoms with Crippen LogP contribution in [0.2, 0.25) is 0 Å². The van der Waals surface area contributed by atoms with Crippen molar-refractivity contribution in [2.24, 2.45) is 10.9 Å². The molecule has 136 valence electrons. The Hall–Kier alpha value is -0.820. The van der Waals surface area contributed by atoms with Gasteiger partial charge in [0, 0.05) is 32.8 Å². The van der Waals surface area contributed by atoms with Gasteiger partial charge in [-0.15, -0.1) is 24.0 Å². The van der Waals surface area contributed by atoms with Gasteiger partial charge in [0.05, 0.1) is 0 Å².